The maximum Gasteiger partial charge on any atom is 0.352 e. The number of allylic oxidation sites excluding steroid dienone is 4. The molecule has 4 aliphatic rings. The lowest BCUT2D eigenvalue weighted by Gasteiger charge is -2.49. The monoisotopic (exact) mass is 357 g/mol. The third-order valence-electron chi connectivity index (χ3n) is 4.94. The molecule has 3 heterocycles. The van der Waals surface area contributed by atoms with Gasteiger partial charge >= 0.3 is 11.4 Å². The summed E-state index contributed by atoms with van der Waals surface area (Å²) in [5.74, 6) is 0.614. The standard InChI is InChI=1S/C16H12BrN3O2/c17-12-8-13-10-6-7-11(10)14(12)20-16(22)18(15(21)19(13)20)9-4-2-1-3-5-9/h1-8,10-11,13-14H. The van der Waals surface area contributed by atoms with Gasteiger partial charge in [0.25, 0.3) is 0 Å². The number of nitrogens with zero attached hydrogens (tertiary/aromatic N) is 3. The largest absolute Gasteiger partial charge is 0.352 e. The Hall–Kier alpha value is -2.08. The van der Waals surface area contributed by atoms with Crippen molar-refractivity contribution in [3.8, 4) is 5.69 Å². The minimum atomic E-state index is -0.269. The van der Waals surface area contributed by atoms with Crippen LogP contribution in [-0.4, -0.2) is 13.9 Å². The first-order chi connectivity index (χ1) is 10.7. The van der Waals surface area contributed by atoms with Crippen molar-refractivity contribution >= 4 is 15.9 Å². The molecule has 1 aromatic carbocycles. The summed E-state index contributed by atoms with van der Waals surface area (Å²) >= 11 is 3.58. The van der Waals surface area contributed by atoms with E-state index in [-0.39, 0.29) is 23.5 Å². The molecule has 4 atom stereocenters. The number of rotatable bonds is 1. The van der Waals surface area contributed by atoms with Gasteiger partial charge in [-0.15, -0.1) is 0 Å². The highest BCUT2D eigenvalue weighted by atomic mass is 79.9. The van der Waals surface area contributed by atoms with E-state index < -0.39 is 0 Å². The van der Waals surface area contributed by atoms with Gasteiger partial charge in [-0.2, -0.15) is 0 Å². The Balaban J connectivity index is 1.83. The van der Waals surface area contributed by atoms with Crippen LogP contribution in [0, 0.1) is 11.8 Å². The van der Waals surface area contributed by atoms with Crippen LogP contribution in [0.25, 0.3) is 5.69 Å². The molecular formula is C16H12BrN3O2. The lowest BCUT2D eigenvalue weighted by molar-refractivity contribution is 0.136. The molecule has 0 saturated carbocycles. The predicted octanol–water partition coefficient (Wildman–Crippen LogP) is 1.99. The van der Waals surface area contributed by atoms with E-state index in [1.807, 2.05) is 18.2 Å². The van der Waals surface area contributed by atoms with Gasteiger partial charge in [-0.3, -0.25) is 0 Å². The van der Waals surface area contributed by atoms with E-state index in [2.05, 4.69) is 34.2 Å². The summed E-state index contributed by atoms with van der Waals surface area (Å²) in [6.45, 7) is 0. The first kappa shape index (κ1) is 12.5. The van der Waals surface area contributed by atoms with Gasteiger partial charge in [-0.05, 0) is 18.2 Å². The van der Waals surface area contributed by atoms with Crippen LogP contribution < -0.4 is 11.4 Å². The van der Waals surface area contributed by atoms with Crippen molar-refractivity contribution < 1.29 is 0 Å². The van der Waals surface area contributed by atoms with Gasteiger partial charge < -0.3 is 0 Å². The molecule has 6 rings (SSSR count). The van der Waals surface area contributed by atoms with Crippen LogP contribution in [0.1, 0.15) is 12.1 Å². The Morgan fingerprint density at radius 2 is 1.59 bits per heavy atom. The second kappa shape index (κ2) is 4.01. The second-order valence-corrected chi connectivity index (χ2v) is 6.87. The minimum absolute atomic E-state index is 0.0838. The van der Waals surface area contributed by atoms with E-state index in [0.29, 0.717) is 17.5 Å². The van der Waals surface area contributed by atoms with Crippen molar-refractivity contribution in [1.29, 1.82) is 0 Å². The summed E-state index contributed by atoms with van der Waals surface area (Å²) in [6, 6.07) is 8.91. The summed E-state index contributed by atoms with van der Waals surface area (Å²) in [7, 11) is 0. The molecule has 0 spiro atoms. The molecule has 0 fully saturated rings. The van der Waals surface area contributed by atoms with Crippen LogP contribution in [0.3, 0.4) is 0 Å². The van der Waals surface area contributed by atoms with Crippen molar-refractivity contribution in [3.05, 3.63) is 74.0 Å². The van der Waals surface area contributed by atoms with E-state index in [1.54, 1.807) is 21.5 Å². The number of hydrogen-bond donors (Lipinski definition) is 0. The van der Waals surface area contributed by atoms with E-state index in [0.717, 1.165) is 4.48 Å². The van der Waals surface area contributed by atoms with Gasteiger partial charge in [0.1, 0.15) is 0 Å². The van der Waals surface area contributed by atoms with Gasteiger partial charge in [-0.25, -0.2) is 23.5 Å². The van der Waals surface area contributed by atoms with E-state index in [1.165, 1.54) is 4.57 Å². The Bertz CT molecular complexity index is 964. The van der Waals surface area contributed by atoms with E-state index in [4.69, 9.17) is 0 Å². The molecule has 2 aliphatic heterocycles. The molecule has 0 amide bonds. The first-order valence-electron chi connectivity index (χ1n) is 7.25. The van der Waals surface area contributed by atoms with Crippen molar-refractivity contribution in [2.24, 2.45) is 11.8 Å². The molecule has 4 unspecified atom stereocenters. The van der Waals surface area contributed by atoms with Crippen molar-refractivity contribution in [1.82, 2.24) is 13.9 Å². The summed E-state index contributed by atoms with van der Waals surface area (Å²) in [5.41, 5.74) is 0.0823. The third kappa shape index (κ3) is 1.30. The van der Waals surface area contributed by atoms with E-state index >= 15 is 0 Å². The Morgan fingerprint density at radius 1 is 0.909 bits per heavy atom. The topological polar surface area (TPSA) is 48.9 Å². The first-order valence-corrected chi connectivity index (χ1v) is 8.05. The molecule has 6 heteroatoms. The Labute approximate surface area is 133 Å². The Morgan fingerprint density at radius 3 is 2.27 bits per heavy atom. The molecule has 22 heavy (non-hydrogen) atoms. The number of benzene rings is 1. The summed E-state index contributed by atoms with van der Waals surface area (Å²) in [4.78, 5) is 25.7. The average Bonchev–Trinajstić information content (AvgIpc) is 2.74. The Kier molecular flexibility index (Phi) is 2.27. The molecule has 5 nitrogen and oxygen atoms in total. The molecule has 2 aromatic rings. The maximum absolute atomic E-state index is 12.9. The smallest absolute Gasteiger partial charge is 0.245 e. The van der Waals surface area contributed by atoms with Gasteiger partial charge in [0.2, 0.25) is 0 Å². The van der Waals surface area contributed by atoms with Crippen molar-refractivity contribution in [2.45, 2.75) is 12.1 Å². The molecule has 0 N–H and O–H groups in total. The lowest BCUT2D eigenvalue weighted by Crippen LogP contribution is -2.51. The predicted molar refractivity (Wildman–Crippen MR) is 85.5 cm³/mol. The zero-order chi connectivity index (χ0) is 15.0. The molecule has 2 bridgehead atoms. The second-order valence-electron chi connectivity index (χ2n) is 5.95. The minimum Gasteiger partial charge on any atom is -0.245 e. The van der Waals surface area contributed by atoms with Crippen molar-refractivity contribution in [3.63, 3.8) is 0 Å². The van der Waals surface area contributed by atoms with E-state index in [9.17, 15) is 9.59 Å². The zero-order valence-electron chi connectivity index (χ0n) is 11.5. The summed E-state index contributed by atoms with van der Waals surface area (Å²) in [5, 5.41) is 0. The van der Waals surface area contributed by atoms with Crippen LogP contribution in [0.2, 0.25) is 0 Å². The average molecular weight is 358 g/mol. The van der Waals surface area contributed by atoms with Gasteiger partial charge in [0.05, 0.1) is 17.8 Å². The van der Waals surface area contributed by atoms with Crippen LogP contribution in [0.5, 0.6) is 0 Å². The number of para-hydroxylation sites is 1. The maximum atomic E-state index is 12.9. The SMILES string of the molecule is O=c1n(-c2ccccc2)c(=O)n2n1C1C=C(Br)C2C2C=CC21. The molecule has 1 aromatic heterocycles. The van der Waals surface area contributed by atoms with Crippen molar-refractivity contribution in [2.75, 3.05) is 0 Å². The van der Waals surface area contributed by atoms with Gasteiger partial charge in [0, 0.05) is 16.3 Å². The fourth-order valence-electron chi connectivity index (χ4n) is 3.89. The highest BCUT2D eigenvalue weighted by Crippen LogP contribution is 2.53. The summed E-state index contributed by atoms with van der Waals surface area (Å²) in [6.07, 6.45) is 6.33. The normalized spacial score (nSPS) is 30.5. The zero-order valence-corrected chi connectivity index (χ0v) is 13.1. The quantitative estimate of drug-likeness (QED) is 0.732. The number of hydrogen-bond acceptors (Lipinski definition) is 2. The molecule has 110 valence electrons. The highest BCUT2D eigenvalue weighted by molar-refractivity contribution is 9.11. The van der Waals surface area contributed by atoms with Crippen LogP contribution in [-0.2, 0) is 0 Å². The van der Waals surface area contributed by atoms with Gasteiger partial charge in [-0.1, -0.05) is 46.3 Å². The van der Waals surface area contributed by atoms with Crippen LogP contribution in [0.4, 0.5) is 0 Å². The highest BCUT2D eigenvalue weighted by Gasteiger charge is 2.50. The molecular weight excluding hydrogens is 346 g/mol. The number of aromatic nitrogens is 3. The number of halogens is 1. The van der Waals surface area contributed by atoms with Crippen LogP contribution >= 0.6 is 15.9 Å². The van der Waals surface area contributed by atoms with Crippen LogP contribution in [0.15, 0.2) is 62.6 Å². The third-order valence-corrected chi connectivity index (χ3v) is 5.67. The lowest BCUT2D eigenvalue weighted by atomic mass is 9.68. The fraction of sp³-hybridized carbons (Fsp3) is 0.250. The molecule has 0 saturated heterocycles. The van der Waals surface area contributed by atoms with Gasteiger partial charge in [0.15, 0.2) is 0 Å². The molecule has 0 radical (unpaired) electrons. The summed E-state index contributed by atoms with van der Waals surface area (Å²) < 4.78 is 5.50. The fourth-order valence-corrected chi connectivity index (χ4v) is 4.66. The molecule has 2 aliphatic carbocycles.